The first kappa shape index (κ1) is 14.5. The number of rotatable bonds is 0. The predicted octanol–water partition coefficient (Wildman–Crippen LogP) is 6.04. The van der Waals surface area contributed by atoms with E-state index >= 15 is 0 Å². The molecular formula is C24H12N2. The maximum absolute atomic E-state index is 9.60. The van der Waals surface area contributed by atoms with E-state index in [1.165, 1.54) is 21.5 Å². The Labute approximate surface area is 150 Å². The third-order valence-corrected chi connectivity index (χ3v) is 5.12. The van der Waals surface area contributed by atoms with E-state index in [-0.39, 0.29) is 0 Å². The average molecular weight is 328 g/mol. The van der Waals surface area contributed by atoms with Crippen LogP contribution in [-0.2, 0) is 0 Å². The van der Waals surface area contributed by atoms with Gasteiger partial charge in [0.15, 0.2) is 0 Å². The van der Waals surface area contributed by atoms with Crippen molar-refractivity contribution in [3.05, 3.63) is 83.9 Å². The van der Waals surface area contributed by atoms with Crippen LogP contribution < -0.4 is 0 Å². The zero-order chi connectivity index (χ0) is 17.7. The largest absolute Gasteiger partial charge is 0.192 e. The minimum Gasteiger partial charge on any atom is -0.192 e. The van der Waals surface area contributed by atoms with E-state index in [9.17, 15) is 10.5 Å². The third-order valence-electron chi connectivity index (χ3n) is 5.12. The molecule has 5 aromatic rings. The summed E-state index contributed by atoms with van der Waals surface area (Å²) in [5, 5.41) is 27.8. The summed E-state index contributed by atoms with van der Waals surface area (Å²) in [7, 11) is 0. The number of hydrogen-bond acceptors (Lipinski definition) is 2. The number of benzene rings is 5. The van der Waals surface area contributed by atoms with Crippen molar-refractivity contribution in [2.45, 2.75) is 0 Å². The zero-order valence-corrected chi connectivity index (χ0v) is 13.8. The third kappa shape index (κ3) is 1.85. The van der Waals surface area contributed by atoms with Crippen molar-refractivity contribution in [3.63, 3.8) is 0 Å². The lowest BCUT2D eigenvalue weighted by molar-refractivity contribution is 1.45. The molecule has 0 aromatic heterocycles. The topological polar surface area (TPSA) is 47.6 Å². The molecule has 0 heterocycles. The second-order valence-electron chi connectivity index (χ2n) is 6.42. The van der Waals surface area contributed by atoms with Gasteiger partial charge in [0.05, 0.1) is 11.1 Å². The molecule has 0 fully saturated rings. The Kier molecular flexibility index (Phi) is 2.95. The van der Waals surface area contributed by atoms with E-state index in [2.05, 4.69) is 54.6 Å². The fraction of sp³-hybridized carbons (Fsp3) is 0. The van der Waals surface area contributed by atoms with Crippen molar-refractivity contribution in [2.24, 2.45) is 0 Å². The van der Waals surface area contributed by atoms with E-state index in [0.717, 1.165) is 21.5 Å². The van der Waals surface area contributed by atoms with Gasteiger partial charge in [-0.3, -0.25) is 0 Å². The van der Waals surface area contributed by atoms with Crippen molar-refractivity contribution in [3.8, 4) is 12.1 Å². The van der Waals surface area contributed by atoms with E-state index in [1.54, 1.807) is 6.07 Å². The molecule has 2 heteroatoms. The van der Waals surface area contributed by atoms with E-state index < -0.39 is 0 Å². The Bertz CT molecular complexity index is 1440. The fourth-order valence-corrected chi connectivity index (χ4v) is 3.94. The van der Waals surface area contributed by atoms with Gasteiger partial charge < -0.3 is 0 Å². The first-order valence-corrected chi connectivity index (χ1v) is 8.42. The molecule has 0 unspecified atom stereocenters. The highest BCUT2D eigenvalue weighted by atomic mass is 14.3. The van der Waals surface area contributed by atoms with Crippen molar-refractivity contribution < 1.29 is 0 Å². The quantitative estimate of drug-likeness (QED) is 0.325. The highest BCUT2D eigenvalue weighted by Gasteiger charge is 2.12. The first-order valence-electron chi connectivity index (χ1n) is 8.42. The molecule has 5 rings (SSSR count). The molecule has 0 spiro atoms. The summed E-state index contributed by atoms with van der Waals surface area (Å²) < 4.78 is 0. The summed E-state index contributed by atoms with van der Waals surface area (Å²) in [4.78, 5) is 0. The van der Waals surface area contributed by atoms with Crippen LogP contribution in [0.2, 0.25) is 0 Å². The molecule has 0 aliphatic carbocycles. The molecule has 118 valence electrons. The van der Waals surface area contributed by atoms with Crippen LogP contribution in [-0.4, -0.2) is 0 Å². The molecule has 5 aromatic carbocycles. The van der Waals surface area contributed by atoms with E-state index in [4.69, 9.17) is 0 Å². The van der Waals surface area contributed by atoms with Gasteiger partial charge in [0, 0.05) is 5.39 Å². The lowest BCUT2D eigenvalue weighted by Gasteiger charge is -2.12. The molecule has 2 nitrogen and oxygen atoms in total. The maximum Gasteiger partial charge on any atom is 0.101 e. The standard InChI is InChI=1S/C24H12N2/c25-13-18-10-12-21-20(22(18)14-26)11-9-17-8-7-16-6-5-15-3-1-2-4-19(15)23(16)24(17)21/h1-12H. The molecule has 0 amide bonds. The van der Waals surface area contributed by atoms with Gasteiger partial charge in [-0.05, 0) is 43.8 Å². The second-order valence-corrected chi connectivity index (χ2v) is 6.42. The molecular weight excluding hydrogens is 316 g/mol. The van der Waals surface area contributed by atoms with Crippen molar-refractivity contribution in [1.29, 1.82) is 10.5 Å². The zero-order valence-electron chi connectivity index (χ0n) is 13.8. The summed E-state index contributed by atoms with van der Waals surface area (Å²) in [5.41, 5.74) is 0.869. The lowest BCUT2D eigenvalue weighted by atomic mass is 9.91. The van der Waals surface area contributed by atoms with Gasteiger partial charge in [0.25, 0.3) is 0 Å². The molecule has 0 saturated heterocycles. The van der Waals surface area contributed by atoms with Gasteiger partial charge in [0.2, 0.25) is 0 Å². The van der Waals surface area contributed by atoms with Crippen LogP contribution in [0.3, 0.4) is 0 Å². The Morgan fingerprint density at radius 3 is 1.85 bits per heavy atom. The van der Waals surface area contributed by atoms with Crippen molar-refractivity contribution >= 4 is 43.1 Å². The predicted molar refractivity (Wildman–Crippen MR) is 106 cm³/mol. The molecule has 0 aliphatic heterocycles. The van der Waals surface area contributed by atoms with Gasteiger partial charge in [-0.15, -0.1) is 0 Å². The highest BCUT2D eigenvalue weighted by molar-refractivity contribution is 6.27. The second kappa shape index (κ2) is 5.31. The summed E-state index contributed by atoms with van der Waals surface area (Å²) in [5.74, 6) is 0. The van der Waals surface area contributed by atoms with E-state index in [1.807, 2.05) is 24.3 Å². The van der Waals surface area contributed by atoms with Gasteiger partial charge in [-0.1, -0.05) is 66.7 Å². The molecule has 0 N–H and O–H groups in total. The fourth-order valence-electron chi connectivity index (χ4n) is 3.94. The minimum absolute atomic E-state index is 0.421. The summed E-state index contributed by atoms with van der Waals surface area (Å²) in [6, 6.07) is 29.0. The van der Waals surface area contributed by atoms with Crippen molar-refractivity contribution in [1.82, 2.24) is 0 Å². The maximum atomic E-state index is 9.60. The summed E-state index contributed by atoms with van der Waals surface area (Å²) >= 11 is 0. The smallest absolute Gasteiger partial charge is 0.101 e. The van der Waals surface area contributed by atoms with Crippen LogP contribution in [0.25, 0.3) is 43.1 Å². The van der Waals surface area contributed by atoms with E-state index in [0.29, 0.717) is 11.1 Å². The Hall–Kier alpha value is -3.88. The van der Waals surface area contributed by atoms with Gasteiger partial charge >= 0.3 is 0 Å². The van der Waals surface area contributed by atoms with Crippen LogP contribution in [0.4, 0.5) is 0 Å². The van der Waals surface area contributed by atoms with Crippen LogP contribution in [0.1, 0.15) is 11.1 Å². The normalized spacial score (nSPS) is 11.0. The number of nitriles is 2. The highest BCUT2D eigenvalue weighted by Crippen LogP contribution is 2.37. The van der Waals surface area contributed by atoms with Gasteiger partial charge in [0.1, 0.15) is 12.1 Å². The number of nitrogens with zero attached hydrogens (tertiary/aromatic N) is 2. The van der Waals surface area contributed by atoms with Crippen LogP contribution in [0.15, 0.2) is 72.8 Å². The molecule has 26 heavy (non-hydrogen) atoms. The Morgan fingerprint density at radius 2 is 1.12 bits per heavy atom. The number of hydrogen-bond donors (Lipinski definition) is 0. The summed E-state index contributed by atoms with van der Waals surface area (Å²) in [6.07, 6.45) is 0. The van der Waals surface area contributed by atoms with Gasteiger partial charge in [-0.25, -0.2) is 0 Å². The van der Waals surface area contributed by atoms with Crippen LogP contribution in [0, 0.1) is 22.7 Å². The SMILES string of the molecule is N#Cc1ccc2c(ccc3ccc4ccc5ccccc5c4c32)c1C#N. The Balaban J connectivity index is 2.13. The summed E-state index contributed by atoms with van der Waals surface area (Å²) in [6.45, 7) is 0. The molecule has 0 bridgehead atoms. The monoisotopic (exact) mass is 328 g/mol. The van der Waals surface area contributed by atoms with Crippen LogP contribution in [0.5, 0.6) is 0 Å². The lowest BCUT2D eigenvalue weighted by Crippen LogP contribution is -1.89. The number of fused-ring (bicyclic) bond motifs is 7. The molecule has 0 radical (unpaired) electrons. The minimum atomic E-state index is 0.421. The van der Waals surface area contributed by atoms with Crippen LogP contribution >= 0.6 is 0 Å². The first-order chi connectivity index (χ1) is 12.8. The van der Waals surface area contributed by atoms with Crippen molar-refractivity contribution in [2.75, 3.05) is 0 Å². The van der Waals surface area contributed by atoms with Gasteiger partial charge in [-0.2, -0.15) is 10.5 Å². The molecule has 0 saturated carbocycles. The molecule has 0 aliphatic rings. The Morgan fingerprint density at radius 1 is 0.500 bits per heavy atom. The average Bonchev–Trinajstić information content (AvgIpc) is 2.71. The molecule has 0 atom stereocenters.